The second-order valence-electron chi connectivity index (χ2n) is 6.50. The number of nitrogens with zero attached hydrogens (tertiary/aromatic N) is 4. The Balaban J connectivity index is 1.61. The van der Waals surface area contributed by atoms with E-state index in [1.165, 1.54) is 6.07 Å². The van der Waals surface area contributed by atoms with E-state index >= 15 is 0 Å². The van der Waals surface area contributed by atoms with Crippen LogP contribution in [0.5, 0.6) is 0 Å². The normalized spacial score (nSPS) is 16.4. The van der Waals surface area contributed by atoms with Gasteiger partial charge in [-0.3, -0.25) is 19.6 Å². The van der Waals surface area contributed by atoms with Crippen molar-refractivity contribution in [3.05, 3.63) is 76.9 Å². The third-order valence-corrected chi connectivity index (χ3v) is 4.66. The standard InChI is InChI=1S/C20H19N5O2/c26-18-12-16(14-5-3-8-21-13-14)23-20(24-18)17-7-4-10-25(17)19(27)11-15-6-1-2-9-22-15/h1-3,5-6,8-9,12-13,17H,4,7,10-11H2,(H,23,24,26)/t17-/m1/s1. The number of aromatic nitrogens is 4. The lowest BCUT2D eigenvalue weighted by Crippen LogP contribution is -2.33. The number of amides is 1. The van der Waals surface area contributed by atoms with Gasteiger partial charge in [0, 0.05) is 42.5 Å². The summed E-state index contributed by atoms with van der Waals surface area (Å²) in [4.78, 5) is 42.5. The van der Waals surface area contributed by atoms with E-state index in [9.17, 15) is 9.59 Å². The number of pyridine rings is 2. The van der Waals surface area contributed by atoms with Crippen molar-refractivity contribution in [3.8, 4) is 11.3 Å². The first-order valence-electron chi connectivity index (χ1n) is 8.92. The quantitative estimate of drug-likeness (QED) is 0.769. The van der Waals surface area contributed by atoms with Crippen LogP contribution in [0.3, 0.4) is 0 Å². The van der Waals surface area contributed by atoms with Crippen LogP contribution in [0.1, 0.15) is 30.4 Å². The largest absolute Gasteiger partial charge is 0.332 e. The fourth-order valence-electron chi connectivity index (χ4n) is 3.41. The highest BCUT2D eigenvalue weighted by Crippen LogP contribution is 2.30. The van der Waals surface area contributed by atoms with Crippen molar-refractivity contribution in [1.82, 2.24) is 24.8 Å². The Labute approximate surface area is 156 Å². The minimum Gasteiger partial charge on any atom is -0.332 e. The monoisotopic (exact) mass is 361 g/mol. The molecule has 1 saturated heterocycles. The zero-order valence-electron chi connectivity index (χ0n) is 14.7. The van der Waals surface area contributed by atoms with Gasteiger partial charge in [0.05, 0.1) is 18.2 Å². The van der Waals surface area contributed by atoms with Crippen LogP contribution in [0, 0.1) is 0 Å². The van der Waals surface area contributed by atoms with Gasteiger partial charge in [0.25, 0.3) is 5.56 Å². The third kappa shape index (κ3) is 3.76. The SMILES string of the molecule is O=C(Cc1ccccn1)N1CCC[C@@H]1c1nc(-c2cccnc2)cc(=O)[nH]1. The number of hydrogen-bond donors (Lipinski definition) is 1. The highest BCUT2D eigenvalue weighted by atomic mass is 16.2. The zero-order valence-corrected chi connectivity index (χ0v) is 14.7. The van der Waals surface area contributed by atoms with E-state index in [1.54, 1.807) is 29.6 Å². The van der Waals surface area contributed by atoms with E-state index in [-0.39, 0.29) is 23.9 Å². The van der Waals surface area contributed by atoms with Gasteiger partial charge in [-0.2, -0.15) is 0 Å². The number of nitrogens with one attached hydrogen (secondary N) is 1. The van der Waals surface area contributed by atoms with E-state index in [0.717, 1.165) is 24.1 Å². The molecular weight excluding hydrogens is 342 g/mol. The number of rotatable bonds is 4. The Morgan fingerprint density at radius 2 is 2.15 bits per heavy atom. The van der Waals surface area contributed by atoms with Crippen molar-refractivity contribution in [2.45, 2.75) is 25.3 Å². The van der Waals surface area contributed by atoms with Crippen molar-refractivity contribution < 1.29 is 4.79 Å². The number of hydrogen-bond acceptors (Lipinski definition) is 5. The summed E-state index contributed by atoms with van der Waals surface area (Å²) in [5, 5.41) is 0. The molecule has 1 fully saturated rings. The number of aromatic amines is 1. The molecule has 0 aliphatic carbocycles. The van der Waals surface area contributed by atoms with Crippen molar-refractivity contribution in [2.24, 2.45) is 0 Å². The first-order chi connectivity index (χ1) is 13.2. The summed E-state index contributed by atoms with van der Waals surface area (Å²) in [7, 11) is 0. The average molecular weight is 361 g/mol. The van der Waals surface area contributed by atoms with Crippen molar-refractivity contribution in [2.75, 3.05) is 6.54 Å². The van der Waals surface area contributed by atoms with Crippen LogP contribution in [0.25, 0.3) is 11.3 Å². The summed E-state index contributed by atoms with van der Waals surface area (Å²) in [6, 6.07) is 10.4. The summed E-state index contributed by atoms with van der Waals surface area (Å²) >= 11 is 0. The Kier molecular flexibility index (Phi) is 4.74. The highest BCUT2D eigenvalue weighted by molar-refractivity contribution is 5.79. The molecular formula is C20H19N5O2. The van der Waals surface area contributed by atoms with Gasteiger partial charge >= 0.3 is 0 Å². The fourth-order valence-corrected chi connectivity index (χ4v) is 3.41. The molecule has 0 bridgehead atoms. The minimum atomic E-state index is -0.233. The number of H-pyrrole nitrogens is 1. The molecule has 7 nitrogen and oxygen atoms in total. The molecule has 0 spiro atoms. The molecule has 1 aliphatic rings. The molecule has 1 atom stereocenters. The second kappa shape index (κ2) is 7.49. The maximum Gasteiger partial charge on any atom is 0.251 e. The van der Waals surface area contributed by atoms with Crippen molar-refractivity contribution >= 4 is 5.91 Å². The van der Waals surface area contributed by atoms with E-state index in [1.807, 2.05) is 24.3 Å². The molecule has 136 valence electrons. The minimum absolute atomic E-state index is 0.00868. The summed E-state index contributed by atoms with van der Waals surface area (Å²) in [5.74, 6) is 0.513. The molecule has 4 heterocycles. The van der Waals surface area contributed by atoms with Crippen LogP contribution in [0.2, 0.25) is 0 Å². The van der Waals surface area contributed by atoms with Gasteiger partial charge in [-0.15, -0.1) is 0 Å². The Morgan fingerprint density at radius 1 is 1.22 bits per heavy atom. The van der Waals surface area contributed by atoms with Gasteiger partial charge in [-0.05, 0) is 37.1 Å². The zero-order chi connectivity index (χ0) is 18.6. The number of likely N-dealkylation sites (tertiary alicyclic amines) is 1. The lowest BCUT2D eigenvalue weighted by molar-refractivity contribution is -0.131. The number of carbonyl (C=O) groups excluding carboxylic acids is 1. The van der Waals surface area contributed by atoms with Crippen molar-refractivity contribution in [1.29, 1.82) is 0 Å². The van der Waals surface area contributed by atoms with Gasteiger partial charge in [0.1, 0.15) is 5.82 Å². The van der Waals surface area contributed by atoms with Crippen LogP contribution in [-0.4, -0.2) is 37.3 Å². The maximum absolute atomic E-state index is 12.8. The third-order valence-electron chi connectivity index (χ3n) is 4.66. The molecule has 1 aliphatic heterocycles. The van der Waals surface area contributed by atoms with Crippen LogP contribution in [0.4, 0.5) is 0 Å². The first kappa shape index (κ1) is 17.1. The molecule has 7 heteroatoms. The molecule has 3 aromatic heterocycles. The Hall–Kier alpha value is -3.35. The van der Waals surface area contributed by atoms with Crippen molar-refractivity contribution in [3.63, 3.8) is 0 Å². The Bertz CT molecular complexity index is 988. The second-order valence-corrected chi connectivity index (χ2v) is 6.50. The first-order valence-corrected chi connectivity index (χ1v) is 8.92. The fraction of sp³-hybridized carbons (Fsp3) is 0.250. The lowest BCUT2D eigenvalue weighted by atomic mass is 10.1. The maximum atomic E-state index is 12.8. The van der Waals surface area contributed by atoms with Crippen LogP contribution in [-0.2, 0) is 11.2 Å². The van der Waals surface area contributed by atoms with Crippen LogP contribution < -0.4 is 5.56 Å². The van der Waals surface area contributed by atoms with Gasteiger partial charge in [0.2, 0.25) is 5.91 Å². The van der Waals surface area contributed by atoms with Crippen LogP contribution in [0.15, 0.2) is 59.8 Å². The molecule has 4 rings (SSSR count). The Morgan fingerprint density at radius 3 is 2.93 bits per heavy atom. The van der Waals surface area contributed by atoms with Gasteiger partial charge in [0.15, 0.2) is 0 Å². The van der Waals surface area contributed by atoms with Gasteiger partial charge in [-0.1, -0.05) is 6.07 Å². The average Bonchev–Trinajstić information content (AvgIpc) is 3.19. The molecule has 1 N–H and O–H groups in total. The summed E-state index contributed by atoms with van der Waals surface area (Å²) in [6.45, 7) is 0.650. The van der Waals surface area contributed by atoms with E-state index in [0.29, 0.717) is 18.1 Å². The topological polar surface area (TPSA) is 91.8 Å². The van der Waals surface area contributed by atoms with E-state index in [2.05, 4.69) is 19.9 Å². The lowest BCUT2D eigenvalue weighted by Gasteiger charge is -2.24. The molecule has 0 saturated carbocycles. The smallest absolute Gasteiger partial charge is 0.251 e. The molecule has 27 heavy (non-hydrogen) atoms. The molecule has 0 aromatic carbocycles. The predicted molar refractivity (Wildman–Crippen MR) is 99.7 cm³/mol. The van der Waals surface area contributed by atoms with Gasteiger partial charge < -0.3 is 9.88 Å². The summed E-state index contributed by atoms with van der Waals surface area (Å²) in [6.07, 6.45) is 6.91. The van der Waals surface area contributed by atoms with E-state index < -0.39 is 0 Å². The molecule has 1 amide bonds. The molecule has 0 unspecified atom stereocenters. The molecule has 3 aromatic rings. The number of carbonyl (C=O) groups is 1. The van der Waals surface area contributed by atoms with Gasteiger partial charge in [-0.25, -0.2) is 4.98 Å². The summed E-state index contributed by atoms with van der Waals surface area (Å²) < 4.78 is 0. The summed E-state index contributed by atoms with van der Waals surface area (Å²) in [5.41, 5.74) is 1.83. The van der Waals surface area contributed by atoms with Crippen LogP contribution >= 0.6 is 0 Å². The van der Waals surface area contributed by atoms with E-state index in [4.69, 9.17) is 0 Å². The highest BCUT2D eigenvalue weighted by Gasteiger charge is 2.32. The predicted octanol–water partition coefficient (Wildman–Crippen LogP) is 2.13. The molecule has 0 radical (unpaired) electrons.